The van der Waals surface area contributed by atoms with Crippen molar-refractivity contribution in [2.75, 3.05) is 0 Å². The van der Waals surface area contributed by atoms with Crippen LogP contribution in [-0.2, 0) is 0 Å². The molecule has 0 aromatic rings. The molecule has 1 saturated carbocycles. The van der Waals surface area contributed by atoms with E-state index in [1.165, 1.54) is 6.42 Å². The van der Waals surface area contributed by atoms with Gasteiger partial charge in [-0.05, 0) is 37.5 Å². The Kier molecular flexibility index (Phi) is 4.80. The monoisotopic (exact) mass is 223 g/mol. The van der Waals surface area contributed by atoms with E-state index in [2.05, 4.69) is 26.8 Å². The summed E-state index contributed by atoms with van der Waals surface area (Å²) >= 11 is 0. The Morgan fingerprint density at radius 2 is 1.94 bits per heavy atom. The molecular formula is C14H25NO. The molecule has 0 aromatic heterocycles. The molecule has 2 nitrogen and oxygen atoms in total. The summed E-state index contributed by atoms with van der Waals surface area (Å²) in [4.78, 5) is 0. The van der Waals surface area contributed by atoms with Crippen LogP contribution in [0, 0.1) is 28.6 Å². The third-order valence-electron chi connectivity index (χ3n) is 4.55. The van der Waals surface area contributed by atoms with Gasteiger partial charge in [-0.2, -0.15) is 5.26 Å². The van der Waals surface area contributed by atoms with Crippen LogP contribution >= 0.6 is 0 Å². The summed E-state index contributed by atoms with van der Waals surface area (Å²) in [6.45, 7) is 6.35. The van der Waals surface area contributed by atoms with Gasteiger partial charge in [0.2, 0.25) is 0 Å². The third-order valence-corrected chi connectivity index (χ3v) is 4.55. The first-order valence-electron chi connectivity index (χ1n) is 6.69. The van der Waals surface area contributed by atoms with Gasteiger partial charge in [-0.1, -0.05) is 33.6 Å². The second-order valence-corrected chi connectivity index (χ2v) is 5.45. The maximum absolute atomic E-state index is 10.3. The SMILES string of the molecule is CCC1CCC(C#N)(C(O)C(C)CC)CC1. The average molecular weight is 223 g/mol. The molecule has 2 atom stereocenters. The standard InChI is InChI=1S/C14H25NO/c1-4-11(3)13(16)14(10-15)8-6-12(5-2)7-9-14/h11-13,16H,4-9H2,1-3H3. The Bertz CT molecular complexity index is 248. The number of nitriles is 1. The summed E-state index contributed by atoms with van der Waals surface area (Å²) in [5, 5.41) is 19.7. The molecule has 16 heavy (non-hydrogen) atoms. The Balaban J connectivity index is 2.70. The van der Waals surface area contributed by atoms with E-state index in [-0.39, 0.29) is 5.92 Å². The van der Waals surface area contributed by atoms with Crippen molar-refractivity contribution < 1.29 is 5.11 Å². The van der Waals surface area contributed by atoms with Crippen LogP contribution in [0.4, 0.5) is 0 Å². The first-order valence-corrected chi connectivity index (χ1v) is 6.69. The highest BCUT2D eigenvalue weighted by Gasteiger charge is 2.43. The van der Waals surface area contributed by atoms with Crippen LogP contribution in [0.25, 0.3) is 0 Å². The minimum atomic E-state index is -0.457. The number of rotatable bonds is 4. The van der Waals surface area contributed by atoms with Crippen molar-refractivity contribution in [3.63, 3.8) is 0 Å². The van der Waals surface area contributed by atoms with Gasteiger partial charge in [0.05, 0.1) is 17.6 Å². The second-order valence-electron chi connectivity index (χ2n) is 5.45. The van der Waals surface area contributed by atoms with Crippen LogP contribution in [0.1, 0.15) is 59.3 Å². The van der Waals surface area contributed by atoms with Crippen molar-refractivity contribution in [1.29, 1.82) is 5.26 Å². The molecule has 0 spiro atoms. The van der Waals surface area contributed by atoms with Crippen LogP contribution in [0.5, 0.6) is 0 Å². The number of aliphatic hydroxyl groups excluding tert-OH is 1. The lowest BCUT2D eigenvalue weighted by atomic mass is 9.65. The molecule has 1 aliphatic rings. The van der Waals surface area contributed by atoms with E-state index in [1.54, 1.807) is 0 Å². The van der Waals surface area contributed by atoms with Crippen molar-refractivity contribution in [2.45, 2.75) is 65.4 Å². The average Bonchev–Trinajstić information content (AvgIpc) is 2.37. The Hall–Kier alpha value is -0.550. The van der Waals surface area contributed by atoms with Crippen LogP contribution in [0.15, 0.2) is 0 Å². The van der Waals surface area contributed by atoms with E-state index in [9.17, 15) is 10.4 Å². The molecule has 2 unspecified atom stereocenters. The van der Waals surface area contributed by atoms with Crippen LogP contribution in [-0.4, -0.2) is 11.2 Å². The number of aliphatic hydroxyl groups is 1. The van der Waals surface area contributed by atoms with E-state index in [1.807, 2.05) is 0 Å². The zero-order valence-electron chi connectivity index (χ0n) is 10.9. The third kappa shape index (κ3) is 2.58. The molecule has 92 valence electrons. The van der Waals surface area contributed by atoms with Gasteiger partial charge in [-0.25, -0.2) is 0 Å². The van der Waals surface area contributed by atoms with Crippen molar-refractivity contribution in [3.8, 4) is 6.07 Å². The first-order chi connectivity index (χ1) is 7.59. The Morgan fingerprint density at radius 1 is 1.38 bits per heavy atom. The van der Waals surface area contributed by atoms with Gasteiger partial charge >= 0.3 is 0 Å². The Morgan fingerprint density at radius 3 is 2.31 bits per heavy atom. The molecule has 2 heteroatoms. The van der Waals surface area contributed by atoms with Crippen LogP contribution in [0.3, 0.4) is 0 Å². The number of nitrogens with zero attached hydrogens (tertiary/aromatic N) is 1. The summed E-state index contributed by atoms with van der Waals surface area (Å²) < 4.78 is 0. The molecule has 1 aliphatic carbocycles. The molecule has 0 aliphatic heterocycles. The lowest BCUT2D eigenvalue weighted by Gasteiger charge is -2.40. The second kappa shape index (κ2) is 5.68. The molecule has 0 heterocycles. The van der Waals surface area contributed by atoms with Gasteiger partial charge in [-0.15, -0.1) is 0 Å². The first kappa shape index (κ1) is 13.5. The molecule has 1 rings (SSSR count). The Labute approximate surface area is 99.7 Å². The van der Waals surface area contributed by atoms with E-state index >= 15 is 0 Å². The quantitative estimate of drug-likeness (QED) is 0.792. The summed E-state index contributed by atoms with van der Waals surface area (Å²) in [6.07, 6.45) is 5.69. The highest BCUT2D eigenvalue weighted by atomic mass is 16.3. The van der Waals surface area contributed by atoms with Gasteiger partial charge in [0.15, 0.2) is 0 Å². The van der Waals surface area contributed by atoms with Gasteiger partial charge in [0.1, 0.15) is 0 Å². The fourth-order valence-corrected chi connectivity index (χ4v) is 2.84. The summed E-state index contributed by atoms with van der Waals surface area (Å²) in [7, 11) is 0. The van der Waals surface area contributed by atoms with Gasteiger partial charge in [-0.3, -0.25) is 0 Å². The molecular weight excluding hydrogens is 198 g/mol. The van der Waals surface area contributed by atoms with E-state index in [0.717, 1.165) is 38.0 Å². The van der Waals surface area contributed by atoms with Gasteiger partial charge < -0.3 is 5.11 Å². The fraction of sp³-hybridized carbons (Fsp3) is 0.929. The highest BCUT2D eigenvalue weighted by Crippen LogP contribution is 2.44. The summed E-state index contributed by atoms with van der Waals surface area (Å²) in [5.41, 5.74) is -0.457. The van der Waals surface area contributed by atoms with Crippen molar-refractivity contribution in [2.24, 2.45) is 17.3 Å². The lowest BCUT2D eigenvalue weighted by Crippen LogP contribution is -2.41. The molecule has 0 bridgehead atoms. The van der Waals surface area contributed by atoms with Crippen LogP contribution < -0.4 is 0 Å². The molecule has 0 saturated heterocycles. The van der Waals surface area contributed by atoms with Gasteiger partial charge in [0.25, 0.3) is 0 Å². The maximum Gasteiger partial charge on any atom is 0.0835 e. The van der Waals surface area contributed by atoms with Crippen molar-refractivity contribution >= 4 is 0 Å². The smallest absolute Gasteiger partial charge is 0.0835 e. The van der Waals surface area contributed by atoms with Crippen LogP contribution in [0.2, 0.25) is 0 Å². The normalized spacial score (nSPS) is 34.1. The molecule has 1 N–H and O–H groups in total. The minimum absolute atomic E-state index is 0.234. The summed E-state index contributed by atoms with van der Waals surface area (Å²) in [5.74, 6) is 1.00. The van der Waals surface area contributed by atoms with Crippen molar-refractivity contribution in [3.05, 3.63) is 0 Å². The zero-order valence-corrected chi connectivity index (χ0v) is 10.9. The van der Waals surface area contributed by atoms with Crippen molar-refractivity contribution in [1.82, 2.24) is 0 Å². The van der Waals surface area contributed by atoms with E-state index < -0.39 is 11.5 Å². The van der Waals surface area contributed by atoms with Gasteiger partial charge in [0, 0.05) is 0 Å². The minimum Gasteiger partial charge on any atom is -0.391 e. The van der Waals surface area contributed by atoms with E-state index in [4.69, 9.17) is 0 Å². The van der Waals surface area contributed by atoms with E-state index in [0.29, 0.717) is 0 Å². The lowest BCUT2D eigenvalue weighted by molar-refractivity contribution is -0.0115. The fourth-order valence-electron chi connectivity index (χ4n) is 2.84. The largest absolute Gasteiger partial charge is 0.391 e. The predicted molar refractivity (Wildman–Crippen MR) is 65.8 cm³/mol. The summed E-state index contributed by atoms with van der Waals surface area (Å²) in [6, 6.07) is 2.43. The maximum atomic E-state index is 10.3. The zero-order chi connectivity index (χ0) is 12.2. The highest BCUT2D eigenvalue weighted by molar-refractivity contribution is 5.06. The molecule has 0 radical (unpaired) electrons. The molecule has 1 fully saturated rings. The molecule has 0 aromatic carbocycles. The predicted octanol–water partition coefficient (Wildman–Crippen LogP) is 3.50. The number of hydrogen-bond acceptors (Lipinski definition) is 2. The molecule has 0 amide bonds. The number of hydrogen-bond donors (Lipinski definition) is 1. The topological polar surface area (TPSA) is 44.0 Å².